The quantitative estimate of drug-likeness (QED) is 0.180. The minimum Gasteiger partial charge on any atom is -0.390 e. The summed E-state index contributed by atoms with van der Waals surface area (Å²) in [5.74, 6) is -9.60. The van der Waals surface area contributed by atoms with Gasteiger partial charge in [-0.2, -0.15) is 0 Å². The summed E-state index contributed by atoms with van der Waals surface area (Å²) < 4.78 is 0. The maximum absolute atomic E-state index is 15.0. The second-order valence-electron chi connectivity index (χ2n) is 22.8. The molecule has 23 heteroatoms. The maximum Gasteiger partial charge on any atom is 0.246 e. The van der Waals surface area contributed by atoms with Crippen LogP contribution in [-0.2, 0) is 52.7 Å². The molecule has 23 nitrogen and oxygen atoms in total. The molecule has 1 aliphatic heterocycles. The number of rotatable bonds is 11. The molecular formula is C55H97N11O12. The number of hydrogen-bond acceptors (Lipinski definition) is 12. The predicted octanol–water partition coefficient (Wildman–Crippen LogP) is 0.828. The summed E-state index contributed by atoms with van der Waals surface area (Å²) in [6.07, 6.45) is 2.73. The average molecular weight is 1100 g/mol. The fourth-order valence-electron chi connectivity index (χ4n) is 9.28. The summed E-state index contributed by atoms with van der Waals surface area (Å²) in [4.78, 5) is 164. The number of likely N-dealkylation sites (N-methyl/N-ethyl adjacent to an activating group) is 7. The van der Waals surface area contributed by atoms with Crippen LogP contribution in [0.4, 0.5) is 0 Å². The summed E-state index contributed by atoms with van der Waals surface area (Å²) in [5, 5.41) is 22.5. The molecule has 11 atom stereocenters. The molecule has 0 aromatic rings. The molecule has 0 aliphatic carbocycles. The van der Waals surface area contributed by atoms with E-state index in [1.54, 1.807) is 60.6 Å². The maximum atomic E-state index is 15.0. The fourth-order valence-corrected chi connectivity index (χ4v) is 9.28. The highest BCUT2D eigenvalue weighted by Crippen LogP contribution is 2.25. The minimum atomic E-state index is -1.60. The Balaban J connectivity index is 4.12. The molecule has 0 spiro atoms. The van der Waals surface area contributed by atoms with Crippen molar-refractivity contribution < 1.29 is 57.8 Å². The zero-order valence-electron chi connectivity index (χ0n) is 50.6. The van der Waals surface area contributed by atoms with Gasteiger partial charge in [-0.15, -0.1) is 0 Å². The molecule has 5 N–H and O–H groups in total. The number of hydrogen-bond donors (Lipinski definition) is 5. The third-order valence-corrected chi connectivity index (χ3v) is 14.5. The van der Waals surface area contributed by atoms with Gasteiger partial charge >= 0.3 is 0 Å². The number of carbonyl (C=O) groups is 11. The summed E-state index contributed by atoms with van der Waals surface area (Å²) in [5.41, 5.74) is 0. The summed E-state index contributed by atoms with van der Waals surface area (Å²) in [6.45, 7) is 22.6. The topological polar surface area (TPSA) is 279 Å². The van der Waals surface area contributed by atoms with Crippen molar-refractivity contribution in [1.82, 2.24) is 55.6 Å². The highest BCUT2D eigenvalue weighted by molar-refractivity contribution is 5.99. The molecular weight excluding hydrogens is 1010 g/mol. The van der Waals surface area contributed by atoms with Gasteiger partial charge in [-0.1, -0.05) is 81.4 Å². The van der Waals surface area contributed by atoms with Gasteiger partial charge < -0.3 is 60.7 Å². The van der Waals surface area contributed by atoms with Crippen LogP contribution in [0.25, 0.3) is 0 Å². The number of amides is 11. The first kappa shape index (κ1) is 69.9. The van der Waals surface area contributed by atoms with Crippen LogP contribution >= 0.6 is 0 Å². The Morgan fingerprint density at radius 3 is 1.49 bits per heavy atom. The Bertz CT molecular complexity index is 2150. The normalized spacial score (nSPS) is 27.1. The highest BCUT2D eigenvalue weighted by atomic mass is 16.3. The number of allylic oxidation sites excluding steroid dienone is 2. The molecule has 11 amide bonds. The highest BCUT2D eigenvalue weighted by Gasteiger charge is 2.45. The lowest BCUT2D eigenvalue weighted by Gasteiger charge is -2.41. The van der Waals surface area contributed by atoms with Crippen molar-refractivity contribution in [2.45, 2.75) is 183 Å². The van der Waals surface area contributed by atoms with Crippen molar-refractivity contribution in [2.24, 2.45) is 29.6 Å². The van der Waals surface area contributed by atoms with Gasteiger partial charge in [-0.25, -0.2) is 0 Å². The number of aliphatic hydroxyl groups excluding tert-OH is 1. The Labute approximate surface area is 464 Å². The zero-order chi connectivity index (χ0) is 60.5. The van der Waals surface area contributed by atoms with Gasteiger partial charge in [0.1, 0.15) is 54.4 Å². The summed E-state index contributed by atoms with van der Waals surface area (Å²) >= 11 is 0. The molecule has 0 unspecified atom stereocenters. The third-order valence-electron chi connectivity index (χ3n) is 14.5. The van der Waals surface area contributed by atoms with Gasteiger partial charge in [-0.3, -0.25) is 52.7 Å². The monoisotopic (exact) mass is 1100 g/mol. The molecule has 1 fully saturated rings. The largest absolute Gasteiger partial charge is 0.390 e. The summed E-state index contributed by atoms with van der Waals surface area (Å²) in [6, 6.07) is -11.1. The standard InChI is InChI=1S/C55H97N11O12/c1-22-24-25-34(11)46(69)45-49(72)58-38(23-2)51(74)61(16)29-42(68)62(17)37(14)48(71)59-43(32(7)8)54(77)60(15)28-41(67)56-35(12)47(70)57-36(13)50(73)63(18)39(26-30(3)4)52(75)64(19)40(27-31(5)6)53(76)65(20)44(33(9)10)55(78)66(45)21/h22,24,30-40,43-46,69H,23,25-29H2,1-21H3,(H,56,67)(H,57,70)(H,58,72)(H,59,71)/b24-22+/t34-,35+,36-,37-,38+,39+,40-,43+,44+,45+,46-/m1/s1. The van der Waals surface area contributed by atoms with Gasteiger partial charge in [0.25, 0.3) is 0 Å². The van der Waals surface area contributed by atoms with Crippen LogP contribution in [0, 0.1) is 29.6 Å². The molecule has 1 heterocycles. The predicted molar refractivity (Wildman–Crippen MR) is 296 cm³/mol. The number of nitrogens with one attached hydrogen (secondary N) is 4. The van der Waals surface area contributed by atoms with Crippen molar-refractivity contribution >= 4 is 65.0 Å². The van der Waals surface area contributed by atoms with Crippen molar-refractivity contribution in [3.05, 3.63) is 12.2 Å². The van der Waals surface area contributed by atoms with Crippen LogP contribution in [0.5, 0.6) is 0 Å². The van der Waals surface area contributed by atoms with E-state index in [9.17, 15) is 53.1 Å². The number of carbonyl (C=O) groups excluding carboxylic acids is 11. The van der Waals surface area contributed by atoms with E-state index in [1.807, 2.05) is 27.7 Å². The van der Waals surface area contributed by atoms with Crippen LogP contribution in [-0.4, -0.2) is 227 Å². The van der Waals surface area contributed by atoms with Crippen LogP contribution in [0.1, 0.15) is 123 Å². The summed E-state index contributed by atoms with van der Waals surface area (Å²) in [7, 11) is 9.68. The smallest absolute Gasteiger partial charge is 0.246 e. The van der Waals surface area contributed by atoms with Crippen molar-refractivity contribution in [1.29, 1.82) is 0 Å². The molecule has 1 aliphatic rings. The van der Waals surface area contributed by atoms with Crippen molar-refractivity contribution in [3.8, 4) is 0 Å². The van der Waals surface area contributed by atoms with Gasteiger partial charge in [-0.05, 0) is 83.0 Å². The van der Waals surface area contributed by atoms with Gasteiger partial charge in [0.15, 0.2) is 0 Å². The van der Waals surface area contributed by atoms with E-state index in [1.165, 1.54) is 84.8 Å². The van der Waals surface area contributed by atoms with Crippen LogP contribution in [0.2, 0.25) is 0 Å². The van der Waals surface area contributed by atoms with Crippen LogP contribution < -0.4 is 21.3 Å². The van der Waals surface area contributed by atoms with Gasteiger partial charge in [0.05, 0.1) is 19.2 Å². The van der Waals surface area contributed by atoms with Crippen LogP contribution in [0.15, 0.2) is 12.2 Å². The number of aliphatic hydroxyl groups is 1. The van der Waals surface area contributed by atoms with E-state index < -0.39 is 156 Å². The van der Waals surface area contributed by atoms with E-state index in [0.29, 0.717) is 6.42 Å². The van der Waals surface area contributed by atoms with E-state index >= 15 is 4.79 Å². The third kappa shape index (κ3) is 19.1. The molecule has 0 aromatic heterocycles. The van der Waals surface area contributed by atoms with E-state index in [-0.39, 0.29) is 31.1 Å². The first-order valence-electron chi connectivity index (χ1n) is 27.3. The molecule has 0 aromatic carbocycles. The van der Waals surface area contributed by atoms with E-state index in [0.717, 1.165) is 19.6 Å². The lowest BCUT2D eigenvalue weighted by Crippen LogP contribution is -2.63. The second kappa shape index (κ2) is 31.5. The molecule has 0 bridgehead atoms. The first-order valence-corrected chi connectivity index (χ1v) is 27.3. The Morgan fingerprint density at radius 2 is 1.01 bits per heavy atom. The molecule has 0 saturated carbocycles. The molecule has 0 radical (unpaired) electrons. The van der Waals surface area contributed by atoms with Gasteiger partial charge in [0, 0.05) is 49.3 Å². The zero-order valence-corrected chi connectivity index (χ0v) is 50.6. The SMILES string of the molecule is C/C=C/C[C@@H](C)[C@@H](O)[C@H]1C(=O)N[C@@H](CC)C(=O)N(C)CC(=O)N(C)[C@H](C)C(=O)N[C@@H](C(C)C)C(=O)N(C)CC(=O)N[C@@H](C)C(=O)N[C@H](C)C(=O)N(C)[C@@H](CC(C)C)C(=O)N(C)[C@H](CC(C)C)C(=O)N(C)[C@@H](C(C)C)C(=O)N1C. The van der Waals surface area contributed by atoms with Crippen molar-refractivity contribution in [3.63, 3.8) is 0 Å². The van der Waals surface area contributed by atoms with Crippen LogP contribution in [0.3, 0.4) is 0 Å². The van der Waals surface area contributed by atoms with E-state index in [4.69, 9.17) is 0 Å². The van der Waals surface area contributed by atoms with Gasteiger partial charge in [0.2, 0.25) is 65.0 Å². The Hall–Kier alpha value is -6.13. The Morgan fingerprint density at radius 1 is 0.526 bits per heavy atom. The van der Waals surface area contributed by atoms with E-state index in [2.05, 4.69) is 21.3 Å². The Kier molecular flexibility index (Phi) is 28.2. The molecule has 1 rings (SSSR count). The lowest BCUT2D eigenvalue weighted by atomic mass is 9.91. The average Bonchev–Trinajstić information content (AvgIpc) is 3.36. The molecule has 1 saturated heterocycles. The molecule has 444 valence electrons. The first-order chi connectivity index (χ1) is 36.0. The number of nitrogens with zero attached hydrogens (tertiary/aromatic N) is 7. The minimum absolute atomic E-state index is 0.0253. The van der Waals surface area contributed by atoms with Crippen molar-refractivity contribution in [2.75, 3.05) is 62.4 Å². The fraction of sp³-hybridized carbons (Fsp3) is 0.764. The molecule has 78 heavy (non-hydrogen) atoms. The lowest BCUT2D eigenvalue weighted by molar-refractivity contribution is -0.157. The second-order valence-corrected chi connectivity index (χ2v) is 22.8.